The lowest BCUT2D eigenvalue weighted by molar-refractivity contribution is 1.20. The van der Waals surface area contributed by atoms with Gasteiger partial charge in [0.2, 0.25) is 5.95 Å². The van der Waals surface area contributed by atoms with Gasteiger partial charge in [0.15, 0.2) is 0 Å². The van der Waals surface area contributed by atoms with Crippen molar-refractivity contribution in [1.82, 2.24) is 9.97 Å². The van der Waals surface area contributed by atoms with Gasteiger partial charge in [-0.3, -0.25) is 9.78 Å². The zero-order valence-corrected chi connectivity index (χ0v) is 11.7. The van der Waals surface area contributed by atoms with Gasteiger partial charge in [-0.25, -0.2) is 4.98 Å². The lowest BCUT2D eigenvalue weighted by Gasteiger charge is -2.02. The Labute approximate surface area is 121 Å². The molecule has 0 amide bonds. The van der Waals surface area contributed by atoms with Crippen molar-refractivity contribution >= 4 is 50.7 Å². The van der Waals surface area contributed by atoms with Gasteiger partial charge in [-0.15, -0.1) is 11.3 Å². The highest BCUT2D eigenvalue weighted by atomic mass is 35.5. The topological polar surface area (TPSA) is 71.8 Å². The third kappa shape index (κ3) is 2.10. The normalized spacial score (nSPS) is 11.1. The Morgan fingerprint density at radius 3 is 2.79 bits per heavy atom. The lowest BCUT2D eigenvalue weighted by Crippen LogP contribution is -2.10. The van der Waals surface area contributed by atoms with Crippen LogP contribution < -0.4 is 11.3 Å². The molecule has 0 unspecified atom stereocenters. The number of thiophene rings is 1. The molecule has 3 N–H and O–H groups in total. The van der Waals surface area contributed by atoms with E-state index in [1.807, 2.05) is 11.4 Å². The fourth-order valence-electron chi connectivity index (χ4n) is 1.84. The fourth-order valence-corrected chi connectivity index (χ4v) is 3.09. The molecule has 7 heteroatoms. The van der Waals surface area contributed by atoms with Crippen LogP contribution in [-0.4, -0.2) is 9.97 Å². The highest BCUT2D eigenvalue weighted by molar-refractivity contribution is 7.17. The third-order valence-corrected chi connectivity index (χ3v) is 4.30. The molecule has 0 aliphatic rings. The molecule has 4 nitrogen and oxygen atoms in total. The van der Waals surface area contributed by atoms with Crippen molar-refractivity contribution < 1.29 is 0 Å². The summed E-state index contributed by atoms with van der Waals surface area (Å²) in [6, 6.07) is 5.23. The van der Waals surface area contributed by atoms with E-state index in [0.717, 1.165) is 11.1 Å². The van der Waals surface area contributed by atoms with Gasteiger partial charge in [0.1, 0.15) is 4.83 Å². The zero-order chi connectivity index (χ0) is 13.6. The van der Waals surface area contributed by atoms with E-state index in [2.05, 4.69) is 9.97 Å². The average molecular weight is 312 g/mol. The smallest absolute Gasteiger partial charge is 0.261 e. The Morgan fingerprint density at radius 2 is 2.05 bits per heavy atom. The molecule has 0 saturated carbocycles. The summed E-state index contributed by atoms with van der Waals surface area (Å²) in [4.78, 5) is 19.2. The Balaban J connectivity index is 2.31. The Morgan fingerprint density at radius 1 is 1.26 bits per heavy atom. The molecule has 0 spiro atoms. The van der Waals surface area contributed by atoms with Crippen molar-refractivity contribution in [1.29, 1.82) is 0 Å². The van der Waals surface area contributed by atoms with E-state index < -0.39 is 0 Å². The number of nitrogens with zero attached hydrogens (tertiary/aromatic N) is 1. The molecule has 2 heterocycles. The van der Waals surface area contributed by atoms with Crippen LogP contribution in [0.3, 0.4) is 0 Å². The number of hydrogen-bond donors (Lipinski definition) is 2. The number of anilines is 1. The number of aromatic amines is 1. The van der Waals surface area contributed by atoms with E-state index in [4.69, 9.17) is 28.9 Å². The molecule has 0 aliphatic heterocycles. The van der Waals surface area contributed by atoms with Crippen LogP contribution in [0.5, 0.6) is 0 Å². The first-order valence-corrected chi connectivity index (χ1v) is 6.92. The first-order chi connectivity index (χ1) is 9.06. The van der Waals surface area contributed by atoms with E-state index in [9.17, 15) is 4.79 Å². The molecule has 0 radical (unpaired) electrons. The minimum atomic E-state index is -0.259. The molecule has 2 aromatic heterocycles. The minimum absolute atomic E-state index is 0.111. The largest absolute Gasteiger partial charge is 0.369 e. The van der Waals surface area contributed by atoms with Crippen LogP contribution in [0, 0.1) is 0 Å². The maximum Gasteiger partial charge on any atom is 0.261 e. The summed E-state index contributed by atoms with van der Waals surface area (Å²) in [7, 11) is 0. The van der Waals surface area contributed by atoms with Crippen molar-refractivity contribution in [3.8, 4) is 11.1 Å². The second kappa shape index (κ2) is 4.52. The second-order valence-electron chi connectivity index (χ2n) is 3.91. The molecule has 0 atom stereocenters. The minimum Gasteiger partial charge on any atom is -0.369 e. The van der Waals surface area contributed by atoms with Crippen LogP contribution in [0.1, 0.15) is 0 Å². The summed E-state index contributed by atoms with van der Waals surface area (Å²) in [6.45, 7) is 0. The van der Waals surface area contributed by atoms with Crippen molar-refractivity contribution in [3.05, 3.63) is 44.0 Å². The van der Waals surface area contributed by atoms with E-state index >= 15 is 0 Å². The van der Waals surface area contributed by atoms with Crippen molar-refractivity contribution in [2.24, 2.45) is 0 Å². The summed E-state index contributed by atoms with van der Waals surface area (Å²) in [6.07, 6.45) is 0. The SMILES string of the molecule is Nc1nc2scc(-c3ccc(Cl)c(Cl)c3)c2c(=O)[nH]1. The number of H-pyrrole nitrogens is 1. The molecule has 1 aromatic carbocycles. The fraction of sp³-hybridized carbons (Fsp3) is 0. The zero-order valence-electron chi connectivity index (χ0n) is 9.41. The number of benzene rings is 1. The quantitative estimate of drug-likeness (QED) is 0.722. The van der Waals surface area contributed by atoms with E-state index in [0.29, 0.717) is 20.3 Å². The number of rotatable bonds is 1. The summed E-state index contributed by atoms with van der Waals surface area (Å²) < 4.78 is 0. The standard InChI is InChI=1S/C12H7Cl2N3OS/c13-7-2-1-5(3-8(7)14)6-4-19-11-9(6)10(18)16-12(15)17-11/h1-4H,(H3,15,16,17,18). The highest BCUT2D eigenvalue weighted by Gasteiger charge is 2.13. The maximum atomic E-state index is 12.0. The molecule has 0 saturated heterocycles. The average Bonchev–Trinajstić information content (AvgIpc) is 2.76. The monoisotopic (exact) mass is 311 g/mol. The molecule has 0 bridgehead atoms. The molecular weight excluding hydrogens is 305 g/mol. The van der Waals surface area contributed by atoms with Gasteiger partial charge in [-0.1, -0.05) is 29.3 Å². The second-order valence-corrected chi connectivity index (χ2v) is 5.58. The van der Waals surface area contributed by atoms with E-state index in [1.165, 1.54) is 11.3 Å². The van der Waals surface area contributed by atoms with Crippen molar-refractivity contribution in [2.75, 3.05) is 5.73 Å². The molecular formula is C12H7Cl2N3OS. The molecule has 96 valence electrons. The van der Waals surface area contributed by atoms with Crippen LogP contribution in [0.4, 0.5) is 5.95 Å². The first-order valence-electron chi connectivity index (χ1n) is 5.28. The van der Waals surface area contributed by atoms with Gasteiger partial charge in [0, 0.05) is 10.9 Å². The predicted molar refractivity (Wildman–Crippen MR) is 80.1 cm³/mol. The number of aromatic nitrogens is 2. The number of nitrogens with one attached hydrogen (secondary N) is 1. The van der Waals surface area contributed by atoms with Crippen LogP contribution in [0.15, 0.2) is 28.4 Å². The van der Waals surface area contributed by atoms with Crippen molar-refractivity contribution in [3.63, 3.8) is 0 Å². The molecule has 19 heavy (non-hydrogen) atoms. The van der Waals surface area contributed by atoms with Gasteiger partial charge in [-0.2, -0.15) is 0 Å². The van der Waals surface area contributed by atoms with Crippen LogP contribution >= 0.6 is 34.5 Å². The first kappa shape index (κ1) is 12.5. The van der Waals surface area contributed by atoms with Gasteiger partial charge in [-0.05, 0) is 17.7 Å². The van der Waals surface area contributed by atoms with E-state index in [-0.39, 0.29) is 11.5 Å². The molecule has 0 aliphatic carbocycles. The number of halogens is 2. The van der Waals surface area contributed by atoms with Crippen LogP contribution in [0.25, 0.3) is 21.3 Å². The lowest BCUT2D eigenvalue weighted by atomic mass is 10.1. The van der Waals surface area contributed by atoms with Gasteiger partial charge < -0.3 is 5.73 Å². The van der Waals surface area contributed by atoms with Gasteiger partial charge in [0.05, 0.1) is 15.4 Å². The number of fused-ring (bicyclic) bond motifs is 1. The van der Waals surface area contributed by atoms with Crippen molar-refractivity contribution in [2.45, 2.75) is 0 Å². The maximum absolute atomic E-state index is 12.0. The molecule has 0 fully saturated rings. The van der Waals surface area contributed by atoms with Crippen LogP contribution in [0.2, 0.25) is 10.0 Å². The molecule has 3 rings (SSSR count). The van der Waals surface area contributed by atoms with E-state index in [1.54, 1.807) is 12.1 Å². The summed E-state index contributed by atoms with van der Waals surface area (Å²) in [5.74, 6) is 0.111. The third-order valence-electron chi connectivity index (χ3n) is 2.69. The number of nitrogen functional groups attached to an aromatic ring is 1. The van der Waals surface area contributed by atoms with Crippen LogP contribution in [-0.2, 0) is 0 Å². The summed E-state index contributed by atoms with van der Waals surface area (Å²) in [5, 5.41) is 3.28. The molecule has 3 aromatic rings. The summed E-state index contributed by atoms with van der Waals surface area (Å²) >= 11 is 13.2. The highest BCUT2D eigenvalue weighted by Crippen LogP contribution is 2.34. The Kier molecular flexibility index (Phi) is 2.97. The number of hydrogen-bond acceptors (Lipinski definition) is 4. The Hall–Kier alpha value is -1.56. The number of nitrogens with two attached hydrogens (primary N) is 1. The Bertz CT molecular complexity index is 841. The van der Waals surface area contributed by atoms with Gasteiger partial charge in [0.25, 0.3) is 5.56 Å². The summed E-state index contributed by atoms with van der Waals surface area (Å²) in [5.41, 5.74) is 6.85. The van der Waals surface area contributed by atoms with Gasteiger partial charge >= 0.3 is 0 Å². The predicted octanol–water partition coefficient (Wildman–Crippen LogP) is 3.54.